The van der Waals surface area contributed by atoms with Crippen LogP contribution in [0.5, 0.6) is 0 Å². The van der Waals surface area contributed by atoms with Crippen LogP contribution >= 0.6 is 0 Å². The second-order valence-corrected chi connectivity index (χ2v) is 3.91. The predicted molar refractivity (Wildman–Crippen MR) is 64.5 cm³/mol. The van der Waals surface area contributed by atoms with Gasteiger partial charge in [-0.2, -0.15) is 0 Å². The largest absolute Gasteiger partial charge is 0.383 e. The van der Waals surface area contributed by atoms with Gasteiger partial charge < -0.3 is 20.5 Å². The molecule has 1 unspecified atom stereocenters. The minimum atomic E-state index is 0.172. The van der Waals surface area contributed by atoms with Crippen LogP contribution in [0.3, 0.4) is 0 Å². The normalized spacial score (nSPS) is 19.1. The van der Waals surface area contributed by atoms with Crippen molar-refractivity contribution in [2.75, 3.05) is 33.5 Å². The molecule has 0 aromatic carbocycles. The number of hydrogen-bond acceptors (Lipinski definition) is 3. The van der Waals surface area contributed by atoms with Gasteiger partial charge in [0.1, 0.15) is 0 Å². The molecule has 0 aromatic rings. The molecule has 0 spiro atoms. The predicted octanol–water partition coefficient (Wildman–Crippen LogP) is 0.272. The zero-order valence-corrected chi connectivity index (χ0v) is 10.0. The topological polar surface area (TPSA) is 68.9 Å². The first-order valence-corrected chi connectivity index (χ1v) is 5.53. The minimum absolute atomic E-state index is 0.172. The molecule has 5 nitrogen and oxygen atoms in total. The lowest BCUT2D eigenvalue weighted by Crippen LogP contribution is -2.40. The zero-order chi connectivity index (χ0) is 11.8. The van der Waals surface area contributed by atoms with Crippen LogP contribution in [0.1, 0.15) is 13.3 Å². The lowest BCUT2D eigenvalue weighted by atomic mass is 10.2. The molecule has 3 N–H and O–H groups in total. The smallest absolute Gasteiger partial charge is 0.189 e. The first-order valence-electron chi connectivity index (χ1n) is 5.53. The van der Waals surface area contributed by atoms with E-state index in [1.54, 1.807) is 7.11 Å². The van der Waals surface area contributed by atoms with Gasteiger partial charge in [0.2, 0.25) is 0 Å². The Labute approximate surface area is 96.7 Å². The summed E-state index contributed by atoms with van der Waals surface area (Å²) in [6, 6.07) is 0.172. The molecule has 0 fully saturated rings. The minimum Gasteiger partial charge on any atom is -0.383 e. The molecule has 0 radical (unpaired) electrons. The first kappa shape index (κ1) is 13.0. The Bertz CT molecular complexity index is 264. The van der Waals surface area contributed by atoms with E-state index in [0.29, 0.717) is 25.7 Å². The van der Waals surface area contributed by atoms with Crippen LogP contribution in [-0.4, -0.2) is 45.5 Å². The maximum absolute atomic E-state index is 5.74. The number of rotatable bonds is 5. The van der Waals surface area contributed by atoms with E-state index < -0.39 is 0 Å². The summed E-state index contributed by atoms with van der Waals surface area (Å²) in [5.41, 5.74) is 6.93. The molecule has 1 aliphatic heterocycles. The number of nitrogens with zero attached hydrogens (tertiary/aromatic N) is 1. The van der Waals surface area contributed by atoms with Crippen LogP contribution in [0, 0.1) is 0 Å². The monoisotopic (exact) mass is 227 g/mol. The van der Waals surface area contributed by atoms with E-state index in [1.165, 1.54) is 5.57 Å². The number of ether oxygens (including phenoxy) is 2. The van der Waals surface area contributed by atoms with Gasteiger partial charge in [-0.25, -0.2) is 4.99 Å². The highest BCUT2D eigenvalue weighted by molar-refractivity contribution is 5.78. The molecule has 0 bridgehead atoms. The van der Waals surface area contributed by atoms with Crippen LogP contribution in [-0.2, 0) is 9.47 Å². The molecule has 1 aliphatic rings. The standard InChI is InChI=1S/C11H21N3O2/c1-9(7-15-2)14-11(12)13-6-10-4-3-5-16-8-10/h4,9H,3,5-8H2,1-2H3,(H3,12,13,14). The highest BCUT2D eigenvalue weighted by atomic mass is 16.5. The van der Waals surface area contributed by atoms with E-state index in [1.807, 2.05) is 6.92 Å². The molecule has 1 rings (SSSR count). The second-order valence-electron chi connectivity index (χ2n) is 3.91. The molecule has 0 saturated heterocycles. The molecular weight excluding hydrogens is 206 g/mol. The van der Waals surface area contributed by atoms with Crippen LogP contribution in [0.4, 0.5) is 0 Å². The van der Waals surface area contributed by atoms with Gasteiger partial charge in [-0.15, -0.1) is 0 Å². The Balaban J connectivity index is 2.29. The van der Waals surface area contributed by atoms with E-state index >= 15 is 0 Å². The molecule has 92 valence electrons. The van der Waals surface area contributed by atoms with Gasteiger partial charge >= 0.3 is 0 Å². The summed E-state index contributed by atoms with van der Waals surface area (Å²) in [6.45, 7) is 4.70. The highest BCUT2D eigenvalue weighted by Crippen LogP contribution is 2.05. The molecule has 0 amide bonds. The van der Waals surface area contributed by atoms with Crippen molar-refractivity contribution in [1.29, 1.82) is 0 Å². The van der Waals surface area contributed by atoms with Crippen molar-refractivity contribution in [2.45, 2.75) is 19.4 Å². The van der Waals surface area contributed by atoms with Crippen molar-refractivity contribution in [2.24, 2.45) is 10.7 Å². The molecule has 0 saturated carbocycles. The Morgan fingerprint density at radius 3 is 3.19 bits per heavy atom. The lowest BCUT2D eigenvalue weighted by molar-refractivity contribution is 0.149. The lowest BCUT2D eigenvalue weighted by Gasteiger charge is -2.14. The summed E-state index contributed by atoms with van der Waals surface area (Å²) in [4.78, 5) is 4.25. The maximum Gasteiger partial charge on any atom is 0.189 e. The molecule has 0 aromatic heterocycles. The van der Waals surface area contributed by atoms with Crippen molar-refractivity contribution < 1.29 is 9.47 Å². The molecule has 1 atom stereocenters. The van der Waals surface area contributed by atoms with Crippen LogP contribution in [0.2, 0.25) is 0 Å². The number of guanidine groups is 1. The van der Waals surface area contributed by atoms with Crippen LogP contribution < -0.4 is 11.1 Å². The summed E-state index contributed by atoms with van der Waals surface area (Å²) >= 11 is 0. The zero-order valence-electron chi connectivity index (χ0n) is 10.0. The number of nitrogens with one attached hydrogen (secondary N) is 1. The van der Waals surface area contributed by atoms with E-state index in [2.05, 4.69) is 16.4 Å². The van der Waals surface area contributed by atoms with Gasteiger partial charge in [0.05, 0.1) is 26.4 Å². The van der Waals surface area contributed by atoms with E-state index in [9.17, 15) is 0 Å². The van der Waals surface area contributed by atoms with Gasteiger partial charge in [0, 0.05) is 13.2 Å². The fourth-order valence-corrected chi connectivity index (χ4v) is 1.50. The molecular formula is C11H21N3O2. The van der Waals surface area contributed by atoms with Crippen molar-refractivity contribution in [3.05, 3.63) is 11.6 Å². The molecule has 16 heavy (non-hydrogen) atoms. The number of methoxy groups -OCH3 is 1. The summed E-state index contributed by atoms with van der Waals surface area (Å²) in [6.07, 6.45) is 3.14. The third kappa shape index (κ3) is 5.14. The SMILES string of the molecule is COCC(C)NC(N)=NCC1=CCCOC1. The van der Waals surface area contributed by atoms with Crippen molar-refractivity contribution in [1.82, 2.24) is 5.32 Å². The summed E-state index contributed by atoms with van der Waals surface area (Å²) in [5, 5.41) is 3.06. The van der Waals surface area contributed by atoms with Gasteiger partial charge in [-0.05, 0) is 18.9 Å². The summed E-state index contributed by atoms with van der Waals surface area (Å²) in [5.74, 6) is 0.455. The molecule has 5 heteroatoms. The van der Waals surface area contributed by atoms with Gasteiger partial charge in [0.25, 0.3) is 0 Å². The highest BCUT2D eigenvalue weighted by Gasteiger charge is 2.04. The van der Waals surface area contributed by atoms with Gasteiger partial charge in [-0.1, -0.05) is 6.08 Å². The molecule has 1 heterocycles. The van der Waals surface area contributed by atoms with Gasteiger partial charge in [-0.3, -0.25) is 0 Å². The van der Waals surface area contributed by atoms with Crippen LogP contribution in [0.25, 0.3) is 0 Å². The quantitative estimate of drug-likeness (QED) is 0.402. The van der Waals surface area contributed by atoms with E-state index in [-0.39, 0.29) is 6.04 Å². The van der Waals surface area contributed by atoms with Crippen molar-refractivity contribution in [3.63, 3.8) is 0 Å². The summed E-state index contributed by atoms with van der Waals surface area (Å²) in [7, 11) is 1.66. The maximum atomic E-state index is 5.74. The Hall–Kier alpha value is -1.07. The number of aliphatic imine (C=N–C) groups is 1. The Morgan fingerprint density at radius 2 is 2.56 bits per heavy atom. The first-order chi connectivity index (χ1) is 7.72. The fraction of sp³-hybridized carbons (Fsp3) is 0.727. The Morgan fingerprint density at radius 1 is 1.75 bits per heavy atom. The van der Waals surface area contributed by atoms with Crippen molar-refractivity contribution >= 4 is 5.96 Å². The average Bonchev–Trinajstić information content (AvgIpc) is 2.28. The van der Waals surface area contributed by atoms with Crippen molar-refractivity contribution in [3.8, 4) is 0 Å². The Kier molecular flexibility index (Phi) is 5.88. The second kappa shape index (κ2) is 7.24. The number of nitrogens with two attached hydrogens (primary N) is 1. The fourth-order valence-electron chi connectivity index (χ4n) is 1.50. The number of hydrogen-bond donors (Lipinski definition) is 2. The van der Waals surface area contributed by atoms with E-state index in [0.717, 1.165) is 13.0 Å². The van der Waals surface area contributed by atoms with Crippen LogP contribution in [0.15, 0.2) is 16.6 Å². The third-order valence-electron chi connectivity index (χ3n) is 2.25. The molecule has 0 aliphatic carbocycles. The van der Waals surface area contributed by atoms with Gasteiger partial charge in [0.15, 0.2) is 5.96 Å². The summed E-state index contributed by atoms with van der Waals surface area (Å²) < 4.78 is 10.3. The van der Waals surface area contributed by atoms with E-state index in [4.69, 9.17) is 15.2 Å². The average molecular weight is 227 g/mol. The third-order valence-corrected chi connectivity index (χ3v) is 2.25.